The predicted octanol–water partition coefficient (Wildman–Crippen LogP) is 5.63. The van der Waals surface area contributed by atoms with Crippen LogP contribution in [0.3, 0.4) is 0 Å². The molecule has 1 fully saturated rings. The average Bonchev–Trinajstić information content (AvgIpc) is 3.70. The van der Waals surface area contributed by atoms with E-state index in [1.54, 1.807) is 18.1 Å². The van der Waals surface area contributed by atoms with E-state index in [9.17, 15) is 10.2 Å². The minimum atomic E-state index is 0.0768. The van der Waals surface area contributed by atoms with Crippen molar-refractivity contribution >= 4 is 18.1 Å². The van der Waals surface area contributed by atoms with Crippen LogP contribution in [0.1, 0.15) is 86.0 Å². The molecule has 1 unspecified atom stereocenters. The van der Waals surface area contributed by atoms with Crippen molar-refractivity contribution in [1.82, 2.24) is 20.0 Å². The van der Waals surface area contributed by atoms with Gasteiger partial charge >= 0.3 is 0 Å². The van der Waals surface area contributed by atoms with Gasteiger partial charge in [0.1, 0.15) is 5.84 Å². The number of aliphatic imine (C=N–C) groups is 1. The Bertz CT molecular complexity index is 1050. The Labute approximate surface area is 255 Å². The van der Waals surface area contributed by atoms with Gasteiger partial charge in [-0.2, -0.15) is 0 Å². The topological polar surface area (TPSA) is 84.3 Å². The predicted molar refractivity (Wildman–Crippen MR) is 175 cm³/mol. The Morgan fingerprint density at radius 1 is 1.19 bits per heavy atom. The number of nitrogens with one attached hydrogen (secondary N) is 2. The van der Waals surface area contributed by atoms with Gasteiger partial charge in [0, 0.05) is 90.1 Å². The first-order chi connectivity index (χ1) is 20.0. The highest BCUT2D eigenvalue weighted by atomic mass is 16.5. The number of amidine groups is 1. The van der Waals surface area contributed by atoms with Gasteiger partial charge in [-0.1, -0.05) is 36.6 Å². The fraction of sp³-hybridized carbons (Fsp3) is 0.735. The maximum Gasteiger partial charge on any atom is 0.219 e. The number of nitrogens with zero attached hydrogens (tertiary/aromatic N) is 4. The van der Waals surface area contributed by atoms with E-state index in [4.69, 9.17) is 4.74 Å². The monoisotopic (exact) mass is 582 g/mol. The lowest BCUT2D eigenvalue weighted by Crippen LogP contribution is -2.48. The minimum absolute atomic E-state index is 0.0768. The quantitative estimate of drug-likeness (QED) is 0.149. The smallest absolute Gasteiger partial charge is 0.219 e. The molecule has 0 aromatic heterocycles. The second kappa shape index (κ2) is 16.3. The van der Waals surface area contributed by atoms with E-state index in [-0.39, 0.29) is 11.9 Å². The number of hydrogen-bond acceptors (Lipinski definition) is 5. The van der Waals surface area contributed by atoms with Gasteiger partial charge in [-0.3, -0.25) is 15.2 Å². The maximum atomic E-state index is 12.3. The van der Waals surface area contributed by atoms with Crippen molar-refractivity contribution in [3.63, 3.8) is 0 Å². The molecule has 3 rings (SSSR count). The van der Waals surface area contributed by atoms with Crippen molar-refractivity contribution in [3.05, 3.63) is 34.1 Å². The van der Waals surface area contributed by atoms with Gasteiger partial charge in [-0.25, -0.2) is 0 Å². The van der Waals surface area contributed by atoms with Crippen molar-refractivity contribution in [2.24, 2.45) is 16.8 Å². The van der Waals surface area contributed by atoms with E-state index in [1.165, 1.54) is 12.0 Å². The molecule has 0 saturated carbocycles. The Balaban J connectivity index is 1.73. The highest BCUT2D eigenvalue weighted by molar-refractivity contribution is 5.98. The normalized spacial score (nSPS) is 20.6. The van der Waals surface area contributed by atoms with Crippen LogP contribution in [0.15, 0.2) is 39.1 Å². The summed E-state index contributed by atoms with van der Waals surface area (Å²) in [4.78, 5) is 23.1. The van der Waals surface area contributed by atoms with E-state index >= 15 is 0 Å². The first-order valence-electron chi connectivity index (χ1n) is 16.2. The number of likely N-dealkylation sites (N-methyl/N-ethyl adjacent to an activating group) is 1. The average molecular weight is 583 g/mol. The number of carbonyl (C=O) groups is 1. The van der Waals surface area contributed by atoms with Gasteiger partial charge in [0.2, 0.25) is 5.91 Å². The number of ether oxygens (including phenoxy) is 1. The summed E-state index contributed by atoms with van der Waals surface area (Å²) < 4.78 is 5.57. The van der Waals surface area contributed by atoms with Gasteiger partial charge in [0.25, 0.3) is 0 Å². The summed E-state index contributed by atoms with van der Waals surface area (Å²) in [5.74, 6) is 1.51. The summed E-state index contributed by atoms with van der Waals surface area (Å²) in [6.07, 6.45) is 12.5. The molecular weight excluding hydrogens is 524 g/mol. The third kappa shape index (κ3) is 9.72. The zero-order chi connectivity index (χ0) is 30.8. The molecule has 0 bridgehead atoms. The third-order valence-corrected chi connectivity index (χ3v) is 9.31. The number of rotatable bonds is 15. The lowest BCUT2D eigenvalue weighted by molar-refractivity contribution is -0.128. The van der Waals surface area contributed by atoms with E-state index < -0.39 is 0 Å². The van der Waals surface area contributed by atoms with Crippen LogP contribution < -0.4 is 5.32 Å². The van der Waals surface area contributed by atoms with Crippen molar-refractivity contribution in [3.8, 4) is 0 Å². The molecule has 8 heteroatoms. The zero-order valence-corrected chi connectivity index (χ0v) is 27.8. The first-order valence-corrected chi connectivity index (χ1v) is 16.2. The van der Waals surface area contributed by atoms with Crippen LogP contribution in [0.25, 0.3) is 0 Å². The van der Waals surface area contributed by atoms with Gasteiger partial charge in [0.05, 0.1) is 12.9 Å². The molecule has 8 nitrogen and oxygen atoms in total. The van der Waals surface area contributed by atoms with Crippen LogP contribution in [0, 0.1) is 17.2 Å². The van der Waals surface area contributed by atoms with Gasteiger partial charge < -0.3 is 24.8 Å². The fourth-order valence-electron chi connectivity index (χ4n) is 6.54. The molecule has 0 aromatic rings. The largest absolute Gasteiger partial charge is 0.385 e. The van der Waals surface area contributed by atoms with Crippen LogP contribution >= 0.6 is 0 Å². The zero-order valence-electron chi connectivity index (χ0n) is 27.8. The number of allylic oxidation sites excluding steroid dienone is 2. The highest BCUT2D eigenvalue weighted by Gasteiger charge is 2.31. The molecule has 42 heavy (non-hydrogen) atoms. The van der Waals surface area contributed by atoms with Crippen molar-refractivity contribution in [1.29, 1.82) is 5.41 Å². The number of carbonyl (C=O) groups excluding carboxylic acids is 1. The molecule has 2 heterocycles. The van der Waals surface area contributed by atoms with Crippen molar-refractivity contribution in [2.75, 3.05) is 54.0 Å². The molecule has 2 N–H and O–H groups in total. The van der Waals surface area contributed by atoms with Crippen LogP contribution in [0.2, 0.25) is 0 Å². The molecule has 1 amide bonds. The summed E-state index contributed by atoms with van der Waals surface area (Å²) in [7, 11) is 6.12. The maximum absolute atomic E-state index is 12.3. The third-order valence-electron chi connectivity index (χ3n) is 9.31. The summed E-state index contributed by atoms with van der Waals surface area (Å²) in [5.41, 5.74) is 6.69. The molecule has 0 spiro atoms. The Morgan fingerprint density at radius 2 is 1.88 bits per heavy atom. The van der Waals surface area contributed by atoms with Gasteiger partial charge in [-0.05, 0) is 64.7 Å². The van der Waals surface area contributed by atoms with Gasteiger partial charge in [0.15, 0.2) is 0 Å². The molecule has 1 aliphatic carbocycles. The molecule has 1 saturated heterocycles. The lowest BCUT2D eigenvalue weighted by atomic mass is 9.89. The first kappa shape index (κ1) is 33.9. The molecule has 236 valence electrons. The van der Waals surface area contributed by atoms with Crippen LogP contribution in [-0.4, -0.2) is 98.9 Å². The molecule has 0 aromatic carbocycles. The van der Waals surface area contributed by atoms with Crippen molar-refractivity contribution < 1.29 is 9.53 Å². The molecule has 3 atom stereocenters. The van der Waals surface area contributed by atoms with E-state index in [0.717, 1.165) is 76.0 Å². The molecular formula is C34H58N6O2. The number of hydrogen-bond donors (Lipinski definition) is 2. The Morgan fingerprint density at radius 3 is 2.45 bits per heavy atom. The summed E-state index contributed by atoms with van der Waals surface area (Å²) in [6.45, 7) is 14.3. The van der Waals surface area contributed by atoms with Crippen LogP contribution in [0.4, 0.5) is 0 Å². The number of amides is 1. The second-order valence-corrected chi connectivity index (χ2v) is 12.9. The Hall–Kier alpha value is -2.61. The van der Waals surface area contributed by atoms with Gasteiger partial charge in [-0.15, -0.1) is 0 Å². The summed E-state index contributed by atoms with van der Waals surface area (Å²) in [5, 5.41) is 13.1. The van der Waals surface area contributed by atoms with Crippen LogP contribution in [0.5, 0.6) is 0 Å². The summed E-state index contributed by atoms with van der Waals surface area (Å²) >= 11 is 0. The van der Waals surface area contributed by atoms with E-state index in [0.29, 0.717) is 36.8 Å². The van der Waals surface area contributed by atoms with Crippen LogP contribution in [-0.2, 0) is 9.53 Å². The molecule has 2 aliphatic heterocycles. The minimum Gasteiger partial charge on any atom is -0.385 e. The SMILES string of the molecule is CCC(/C=C(\C)CC[C@@H](CN=CN(C)C)C1=C(C)C1)[C@@H](CC)N(C)C(=N)C1=C(NC2CCOCC2)CCN(C(C)=O)C1. The highest BCUT2D eigenvalue weighted by Crippen LogP contribution is 2.39. The summed E-state index contributed by atoms with van der Waals surface area (Å²) in [6, 6.07) is 0.588. The van der Waals surface area contributed by atoms with E-state index in [1.807, 2.05) is 30.2 Å². The molecule has 3 aliphatic rings. The van der Waals surface area contributed by atoms with Crippen molar-refractivity contribution in [2.45, 2.75) is 98.1 Å². The molecule has 0 radical (unpaired) electrons. The second-order valence-electron chi connectivity index (χ2n) is 12.9. The standard InChI is InChI=1S/C34H58N6O2/c1-9-27(19-24(3)11-12-28(30-20-25(30)4)21-36-23-38(6)7)33(10-2)39(8)34(35)31-22-40(26(5)41)16-13-32(31)37-29-14-17-42-18-15-29/h19,23,27-29,33,35,37H,9-18,20-22H2,1-8H3/b24-19+,35-34?,36-23?/t27?,28-,33+/m0/s1. The Kier molecular flexibility index (Phi) is 13.1. The van der Waals surface area contributed by atoms with E-state index in [2.05, 4.69) is 56.0 Å². The fourth-order valence-corrected chi connectivity index (χ4v) is 6.54. The lowest BCUT2D eigenvalue weighted by Gasteiger charge is -2.39.